The summed E-state index contributed by atoms with van der Waals surface area (Å²) in [6.45, 7) is 7.75. The van der Waals surface area contributed by atoms with E-state index in [4.69, 9.17) is 4.74 Å². The molecule has 0 aliphatic rings. The van der Waals surface area contributed by atoms with Crippen molar-refractivity contribution in [1.29, 1.82) is 0 Å². The highest BCUT2D eigenvalue weighted by atomic mass is 16.5. The van der Waals surface area contributed by atoms with Crippen molar-refractivity contribution in [2.24, 2.45) is 5.92 Å². The average Bonchev–Trinajstić information content (AvgIpc) is 2.90. The second kappa shape index (κ2) is 8.46. The highest BCUT2D eigenvalue weighted by molar-refractivity contribution is 5.73. The van der Waals surface area contributed by atoms with Crippen LogP contribution >= 0.6 is 0 Å². The molecule has 2 rings (SSSR count). The van der Waals surface area contributed by atoms with Gasteiger partial charge in [-0.25, -0.2) is 4.68 Å². The van der Waals surface area contributed by atoms with Crippen LogP contribution in [-0.2, 0) is 13.0 Å². The van der Waals surface area contributed by atoms with Crippen LogP contribution in [0.15, 0.2) is 24.3 Å². The fraction of sp³-hybridized carbons (Fsp3) is 0.500. The van der Waals surface area contributed by atoms with Crippen molar-refractivity contribution in [3.63, 3.8) is 0 Å². The SMILES string of the molecule is Cc1ccc(OCCCCn2nnc(C=O)c2CC(C)C)cc1. The first-order valence-electron chi connectivity index (χ1n) is 8.17. The van der Waals surface area contributed by atoms with Gasteiger partial charge in [-0.05, 0) is 44.2 Å². The van der Waals surface area contributed by atoms with Gasteiger partial charge in [-0.3, -0.25) is 4.79 Å². The van der Waals surface area contributed by atoms with E-state index < -0.39 is 0 Å². The molecule has 0 N–H and O–H groups in total. The van der Waals surface area contributed by atoms with Gasteiger partial charge in [0.15, 0.2) is 6.29 Å². The molecule has 0 fully saturated rings. The summed E-state index contributed by atoms with van der Waals surface area (Å²) >= 11 is 0. The molecule has 0 aliphatic carbocycles. The minimum Gasteiger partial charge on any atom is -0.494 e. The number of nitrogens with zero attached hydrogens (tertiary/aromatic N) is 3. The van der Waals surface area contributed by atoms with E-state index >= 15 is 0 Å². The maximum absolute atomic E-state index is 11.0. The molecular formula is C18H25N3O2. The summed E-state index contributed by atoms with van der Waals surface area (Å²) in [5.41, 5.74) is 2.64. The molecule has 0 amide bonds. The van der Waals surface area contributed by atoms with Crippen molar-refractivity contribution in [2.75, 3.05) is 6.61 Å². The first-order valence-corrected chi connectivity index (χ1v) is 8.17. The van der Waals surface area contributed by atoms with E-state index in [9.17, 15) is 4.79 Å². The smallest absolute Gasteiger partial charge is 0.172 e. The van der Waals surface area contributed by atoms with Gasteiger partial charge in [-0.1, -0.05) is 36.8 Å². The maximum atomic E-state index is 11.0. The maximum Gasteiger partial charge on any atom is 0.172 e. The average molecular weight is 315 g/mol. The van der Waals surface area contributed by atoms with Gasteiger partial charge in [0, 0.05) is 6.54 Å². The molecule has 0 atom stereocenters. The molecule has 23 heavy (non-hydrogen) atoms. The third-order valence-electron chi connectivity index (χ3n) is 3.63. The lowest BCUT2D eigenvalue weighted by atomic mass is 10.1. The minimum absolute atomic E-state index is 0.467. The van der Waals surface area contributed by atoms with Gasteiger partial charge in [0.25, 0.3) is 0 Å². The predicted molar refractivity (Wildman–Crippen MR) is 89.9 cm³/mol. The molecule has 0 saturated carbocycles. The van der Waals surface area contributed by atoms with E-state index in [2.05, 4.69) is 31.1 Å². The van der Waals surface area contributed by atoms with E-state index in [-0.39, 0.29) is 0 Å². The first kappa shape index (κ1) is 17.2. The molecule has 124 valence electrons. The van der Waals surface area contributed by atoms with Gasteiger partial charge < -0.3 is 4.74 Å². The van der Waals surface area contributed by atoms with Crippen LogP contribution in [0.25, 0.3) is 0 Å². The predicted octanol–water partition coefficient (Wildman–Crippen LogP) is 3.46. The Balaban J connectivity index is 1.78. The van der Waals surface area contributed by atoms with Crippen LogP contribution in [0.2, 0.25) is 0 Å². The second-order valence-electron chi connectivity index (χ2n) is 6.23. The van der Waals surface area contributed by atoms with Crippen LogP contribution in [-0.4, -0.2) is 27.9 Å². The quantitative estimate of drug-likeness (QED) is 0.525. The number of carbonyl (C=O) groups excluding carboxylic acids is 1. The van der Waals surface area contributed by atoms with E-state index in [0.29, 0.717) is 18.2 Å². The van der Waals surface area contributed by atoms with E-state index in [1.165, 1.54) is 5.56 Å². The normalized spacial score (nSPS) is 11.0. The largest absolute Gasteiger partial charge is 0.494 e. The highest BCUT2D eigenvalue weighted by Crippen LogP contribution is 2.13. The second-order valence-corrected chi connectivity index (χ2v) is 6.23. The Morgan fingerprint density at radius 3 is 2.61 bits per heavy atom. The topological polar surface area (TPSA) is 57.0 Å². The number of ether oxygens (including phenoxy) is 1. The lowest BCUT2D eigenvalue weighted by Gasteiger charge is -2.09. The summed E-state index contributed by atoms with van der Waals surface area (Å²) < 4.78 is 7.58. The molecule has 0 unspecified atom stereocenters. The number of aromatic nitrogens is 3. The molecule has 0 spiro atoms. The van der Waals surface area contributed by atoms with Crippen molar-refractivity contribution >= 4 is 6.29 Å². The molecule has 1 aromatic heterocycles. The van der Waals surface area contributed by atoms with E-state index in [1.807, 2.05) is 28.9 Å². The van der Waals surface area contributed by atoms with Crippen LogP contribution in [0.5, 0.6) is 5.75 Å². The molecule has 1 aromatic carbocycles. The number of hydrogen-bond donors (Lipinski definition) is 0. The third kappa shape index (κ3) is 5.20. The van der Waals surface area contributed by atoms with E-state index in [0.717, 1.165) is 43.5 Å². The van der Waals surface area contributed by atoms with Crippen LogP contribution in [0.4, 0.5) is 0 Å². The zero-order chi connectivity index (χ0) is 16.7. The van der Waals surface area contributed by atoms with Crippen molar-refractivity contribution in [1.82, 2.24) is 15.0 Å². The van der Waals surface area contributed by atoms with Gasteiger partial charge in [0.2, 0.25) is 0 Å². The summed E-state index contributed by atoms with van der Waals surface area (Å²) in [5.74, 6) is 1.37. The molecule has 5 heteroatoms. The van der Waals surface area contributed by atoms with Crippen molar-refractivity contribution < 1.29 is 9.53 Å². The Morgan fingerprint density at radius 1 is 1.22 bits per heavy atom. The summed E-state index contributed by atoms with van der Waals surface area (Å²) in [6.07, 6.45) is 3.49. The Morgan fingerprint density at radius 2 is 1.96 bits per heavy atom. The highest BCUT2D eigenvalue weighted by Gasteiger charge is 2.13. The van der Waals surface area contributed by atoms with Gasteiger partial charge in [0.05, 0.1) is 12.3 Å². The van der Waals surface area contributed by atoms with Crippen LogP contribution in [0.3, 0.4) is 0 Å². The fourth-order valence-corrected chi connectivity index (χ4v) is 2.40. The van der Waals surface area contributed by atoms with Crippen LogP contribution < -0.4 is 4.74 Å². The van der Waals surface area contributed by atoms with Gasteiger partial charge in [-0.15, -0.1) is 5.10 Å². The lowest BCUT2D eigenvalue weighted by molar-refractivity contribution is 0.111. The summed E-state index contributed by atoms with van der Waals surface area (Å²) in [4.78, 5) is 11.0. The van der Waals surface area contributed by atoms with Crippen molar-refractivity contribution in [3.05, 3.63) is 41.2 Å². The number of hydrogen-bond acceptors (Lipinski definition) is 4. The molecule has 2 aromatic rings. The van der Waals surface area contributed by atoms with Crippen molar-refractivity contribution in [3.8, 4) is 5.75 Å². The molecule has 0 bridgehead atoms. The van der Waals surface area contributed by atoms with E-state index in [1.54, 1.807) is 0 Å². The number of carbonyl (C=O) groups is 1. The summed E-state index contributed by atoms with van der Waals surface area (Å²) in [5, 5.41) is 8.06. The number of unbranched alkanes of at least 4 members (excludes halogenated alkanes) is 1. The Bertz CT molecular complexity index is 618. The Kier molecular flexibility index (Phi) is 6.32. The number of aldehydes is 1. The van der Waals surface area contributed by atoms with Crippen LogP contribution in [0.1, 0.15) is 48.4 Å². The van der Waals surface area contributed by atoms with Crippen LogP contribution in [0, 0.1) is 12.8 Å². The summed E-state index contributed by atoms with van der Waals surface area (Å²) in [7, 11) is 0. The number of rotatable bonds is 9. The van der Waals surface area contributed by atoms with Gasteiger partial charge in [0.1, 0.15) is 11.4 Å². The standard InChI is InChI=1S/C18H25N3O2/c1-14(2)12-18-17(13-22)19-20-21(18)10-4-5-11-23-16-8-6-15(3)7-9-16/h6-9,13-14H,4-5,10-12H2,1-3H3. The number of benzene rings is 1. The summed E-state index contributed by atoms with van der Waals surface area (Å²) in [6, 6.07) is 8.07. The zero-order valence-electron chi connectivity index (χ0n) is 14.2. The van der Waals surface area contributed by atoms with Crippen molar-refractivity contribution in [2.45, 2.75) is 46.6 Å². The lowest BCUT2D eigenvalue weighted by Crippen LogP contribution is -2.10. The molecular weight excluding hydrogens is 290 g/mol. The molecule has 0 saturated heterocycles. The third-order valence-corrected chi connectivity index (χ3v) is 3.63. The Labute approximate surface area is 137 Å². The fourth-order valence-electron chi connectivity index (χ4n) is 2.40. The van der Waals surface area contributed by atoms with Gasteiger partial charge in [-0.2, -0.15) is 0 Å². The molecule has 0 radical (unpaired) electrons. The zero-order valence-corrected chi connectivity index (χ0v) is 14.2. The van der Waals surface area contributed by atoms with Gasteiger partial charge >= 0.3 is 0 Å². The molecule has 5 nitrogen and oxygen atoms in total. The first-order chi connectivity index (χ1) is 11.1. The molecule has 0 aliphatic heterocycles. The molecule has 1 heterocycles. The monoisotopic (exact) mass is 315 g/mol. The Hall–Kier alpha value is -2.17. The minimum atomic E-state index is 0.467. The number of aryl methyl sites for hydroxylation is 2.